The molecule has 0 saturated heterocycles. The van der Waals surface area contributed by atoms with Crippen LogP contribution in [0.2, 0.25) is 0 Å². The Morgan fingerprint density at radius 2 is 2.08 bits per heavy atom. The number of hydrogen-bond acceptors (Lipinski definition) is 10. The standard InChI is InChI=1S/C25H28N4O7S/c1-14-19(24-18-5-3-2-4-15(18)6-7-34-24)10-22(36-14)23(31)20-11-27-13-28-25(20)29-17-8-16(21(30)9-17)12-35-37(26,32)33/h2-5,10-11,13,16-17,21,24,30H,6-9,12H2,1H3,(H2,26,32,33)(H,27,28,29)/t16-,17-,21+,24+/m1/s1. The Bertz CT molecular complexity index is 1410. The van der Waals surface area contributed by atoms with Crippen molar-refractivity contribution in [2.24, 2.45) is 11.1 Å². The molecule has 2 aliphatic rings. The van der Waals surface area contributed by atoms with Gasteiger partial charge in [0.15, 0.2) is 5.76 Å². The largest absolute Gasteiger partial charge is 0.457 e. The average Bonchev–Trinajstić information content (AvgIpc) is 3.43. The number of nitrogens with two attached hydrogens (primary N) is 1. The predicted octanol–water partition coefficient (Wildman–Crippen LogP) is 2.04. The number of furan rings is 1. The summed E-state index contributed by atoms with van der Waals surface area (Å²) in [5.74, 6) is 0.190. The maximum Gasteiger partial charge on any atom is 0.333 e. The summed E-state index contributed by atoms with van der Waals surface area (Å²) in [6.45, 7) is 2.15. The van der Waals surface area contributed by atoms with Gasteiger partial charge in [0.1, 0.15) is 24.0 Å². The van der Waals surface area contributed by atoms with Gasteiger partial charge in [0.2, 0.25) is 5.78 Å². The number of nitrogens with zero attached hydrogens (tertiary/aromatic N) is 2. The SMILES string of the molecule is Cc1oc(C(=O)c2cncnc2N[C@@H]2C[C@H](COS(N)(=O)=O)[C@@H](O)C2)cc1[C@H]1OCCc2ccccc21. The Labute approximate surface area is 214 Å². The van der Waals surface area contributed by atoms with Crippen molar-refractivity contribution in [3.05, 3.63) is 76.6 Å². The highest BCUT2D eigenvalue weighted by Crippen LogP contribution is 2.36. The lowest BCUT2D eigenvalue weighted by molar-refractivity contribution is 0.0689. The molecule has 196 valence electrons. The minimum absolute atomic E-state index is 0.142. The number of aromatic nitrogens is 2. The molecule has 4 atom stereocenters. The second-order valence-electron chi connectivity index (χ2n) is 9.35. The van der Waals surface area contributed by atoms with Crippen molar-refractivity contribution in [2.45, 2.75) is 44.4 Å². The molecule has 0 spiro atoms. The number of carbonyl (C=O) groups is 1. The van der Waals surface area contributed by atoms with Gasteiger partial charge in [-0.25, -0.2) is 15.1 Å². The first-order valence-corrected chi connectivity index (χ1v) is 13.4. The van der Waals surface area contributed by atoms with E-state index in [9.17, 15) is 18.3 Å². The van der Waals surface area contributed by atoms with E-state index >= 15 is 0 Å². The summed E-state index contributed by atoms with van der Waals surface area (Å²) in [5.41, 5.74) is 3.27. The first kappa shape index (κ1) is 25.5. The van der Waals surface area contributed by atoms with Crippen LogP contribution in [0.15, 0.2) is 47.3 Å². The van der Waals surface area contributed by atoms with E-state index < -0.39 is 28.1 Å². The number of aryl methyl sites for hydroxylation is 1. The Hall–Kier alpha value is -3.16. The van der Waals surface area contributed by atoms with Gasteiger partial charge in [0.25, 0.3) is 0 Å². The lowest BCUT2D eigenvalue weighted by atomic mass is 9.93. The Morgan fingerprint density at radius 1 is 1.27 bits per heavy atom. The highest BCUT2D eigenvalue weighted by molar-refractivity contribution is 7.84. The van der Waals surface area contributed by atoms with Gasteiger partial charge in [0.05, 0.1) is 24.9 Å². The normalized spacial score (nSPS) is 23.5. The number of ketones is 1. The summed E-state index contributed by atoms with van der Waals surface area (Å²) in [6.07, 6.45) is 3.16. The lowest BCUT2D eigenvalue weighted by Gasteiger charge is -2.25. The third-order valence-corrected chi connectivity index (χ3v) is 7.32. The average molecular weight is 529 g/mol. The number of benzene rings is 1. The van der Waals surface area contributed by atoms with Gasteiger partial charge in [0, 0.05) is 23.7 Å². The zero-order chi connectivity index (χ0) is 26.2. The zero-order valence-corrected chi connectivity index (χ0v) is 21.0. The van der Waals surface area contributed by atoms with E-state index in [4.69, 9.17) is 14.3 Å². The molecule has 1 aromatic carbocycles. The van der Waals surface area contributed by atoms with Crippen molar-refractivity contribution in [1.29, 1.82) is 0 Å². The number of aliphatic hydroxyl groups excluding tert-OH is 1. The molecule has 3 heterocycles. The number of ether oxygens (including phenoxy) is 1. The summed E-state index contributed by atoms with van der Waals surface area (Å²) < 4.78 is 38.8. The fourth-order valence-corrected chi connectivity index (χ4v) is 5.40. The van der Waals surface area contributed by atoms with Crippen LogP contribution in [-0.2, 0) is 25.6 Å². The third kappa shape index (κ3) is 5.58. The molecule has 0 amide bonds. The van der Waals surface area contributed by atoms with Crippen LogP contribution in [0.1, 0.15) is 57.5 Å². The minimum Gasteiger partial charge on any atom is -0.457 e. The van der Waals surface area contributed by atoms with Crippen molar-refractivity contribution >= 4 is 21.9 Å². The number of carbonyl (C=O) groups excluding carboxylic acids is 1. The molecular weight excluding hydrogens is 500 g/mol. The van der Waals surface area contributed by atoms with Gasteiger partial charge >= 0.3 is 10.3 Å². The predicted molar refractivity (Wildman–Crippen MR) is 132 cm³/mol. The van der Waals surface area contributed by atoms with Crippen molar-refractivity contribution in [1.82, 2.24) is 9.97 Å². The first-order chi connectivity index (χ1) is 17.7. The Balaban J connectivity index is 1.34. The summed E-state index contributed by atoms with van der Waals surface area (Å²) in [5, 5.41) is 18.4. The van der Waals surface area contributed by atoms with E-state index in [2.05, 4.69) is 25.5 Å². The number of rotatable bonds is 8. The zero-order valence-electron chi connectivity index (χ0n) is 20.2. The van der Waals surface area contributed by atoms with Crippen LogP contribution in [-0.4, -0.2) is 54.6 Å². The molecule has 1 fully saturated rings. The molecule has 0 bridgehead atoms. The summed E-state index contributed by atoms with van der Waals surface area (Å²) in [4.78, 5) is 21.7. The van der Waals surface area contributed by atoms with Gasteiger partial charge in [-0.05, 0) is 43.4 Å². The van der Waals surface area contributed by atoms with Crippen LogP contribution >= 0.6 is 0 Å². The number of anilines is 1. The van der Waals surface area contributed by atoms with Crippen LogP contribution in [0.25, 0.3) is 0 Å². The quantitative estimate of drug-likeness (QED) is 0.368. The van der Waals surface area contributed by atoms with E-state index in [0.717, 1.165) is 17.5 Å². The van der Waals surface area contributed by atoms with E-state index in [1.165, 1.54) is 18.1 Å². The van der Waals surface area contributed by atoms with Gasteiger partial charge in [-0.3, -0.25) is 8.98 Å². The second-order valence-corrected chi connectivity index (χ2v) is 10.6. The highest BCUT2D eigenvalue weighted by Gasteiger charge is 2.35. The maximum atomic E-state index is 13.5. The molecule has 11 nitrogen and oxygen atoms in total. The van der Waals surface area contributed by atoms with Crippen LogP contribution in [0.5, 0.6) is 0 Å². The second kappa shape index (κ2) is 10.3. The molecule has 5 rings (SSSR count). The molecule has 3 aromatic rings. The van der Waals surface area contributed by atoms with Crippen LogP contribution in [0.4, 0.5) is 5.82 Å². The van der Waals surface area contributed by atoms with Crippen LogP contribution in [0, 0.1) is 12.8 Å². The molecular formula is C25H28N4O7S. The minimum atomic E-state index is -4.10. The Kier molecular flexibility index (Phi) is 7.10. The topological polar surface area (TPSA) is 167 Å². The van der Waals surface area contributed by atoms with Crippen molar-refractivity contribution in [3.8, 4) is 0 Å². The van der Waals surface area contributed by atoms with Crippen molar-refractivity contribution in [3.63, 3.8) is 0 Å². The maximum absolute atomic E-state index is 13.5. The molecule has 1 saturated carbocycles. The van der Waals surface area contributed by atoms with E-state index in [1.807, 2.05) is 18.2 Å². The smallest absolute Gasteiger partial charge is 0.333 e. The highest BCUT2D eigenvalue weighted by atomic mass is 32.2. The number of fused-ring (bicyclic) bond motifs is 1. The van der Waals surface area contributed by atoms with Crippen LogP contribution < -0.4 is 10.5 Å². The summed E-state index contributed by atoms with van der Waals surface area (Å²) >= 11 is 0. The van der Waals surface area contributed by atoms with Gasteiger partial charge in [-0.1, -0.05) is 24.3 Å². The van der Waals surface area contributed by atoms with Crippen LogP contribution in [0.3, 0.4) is 0 Å². The van der Waals surface area contributed by atoms with E-state index in [1.54, 1.807) is 13.0 Å². The van der Waals surface area contributed by atoms with Crippen molar-refractivity contribution in [2.75, 3.05) is 18.5 Å². The van der Waals surface area contributed by atoms with Crippen molar-refractivity contribution < 1.29 is 31.7 Å². The third-order valence-electron chi connectivity index (χ3n) is 6.86. The molecule has 1 aliphatic heterocycles. The molecule has 0 unspecified atom stereocenters. The van der Waals surface area contributed by atoms with Gasteiger partial charge in [-0.2, -0.15) is 8.42 Å². The number of hydrogen-bond donors (Lipinski definition) is 3. The number of aliphatic hydroxyl groups is 1. The monoisotopic (exact) mass is 528 g/mol. The summed E-state index contributed by atoms with van der Waals surface area (Å²) in [6, 6.07) is 9.51. The molecule has 37 heavy (non-hydrogen) atoms. The fourth-order valence-electron chi connectivity index (χ4n) is 5.04. The Morgan fingerprint density at radius 3 is 2.89 bits per heavy atom. The first-order valence-electron chi connectivity index (χ1n) is 12.0. The molecule has 0 radical (unpaired) electrons. The molecule has 2 aromatic heterocycles. The van der Waals surface area contributed by atoms with Gasteiger partial charge in [-0.15, -0.1) is 0 Å². The molecule has 1 aliphatic carbocycles. The fraction of sp³-hybridized carbons (Fsp3) is 0.400. The number of nitrogens with one attached hydrogen (secondary N) is 1. The molecule has 12 heteroatoms. The molecule has 4 N–H and O–H groups in total. The lowest BCUT2D eigenvalue weighted by Crippen LogP contribution is -2.24. The van der Waals surface area contributed by atoms with E-state index in [-0.39, 0.29) is 30.1 Å². The summed E-state index contributed by atoms with van der Waals surface area (Å²) in [7, 11) is -4.10. The van der Waals surface area contributed by atoms with Gasteiger partial charge < -0.3 is 19.6 Å². The van der Waals surface area contributed by atoms with E-state index in [0.29, 0.717) is 31.0 Å².